The van der Waals surface area contributed by atoms with Crippen LogP contribution in [0.4, 0.5) is 0 Å². The van der Waals surface area contributed by atoms with Crippen LogP contribution in [-0.4, -0.2) is 27.0 Å². The molecule has 132 valence electrons. The Balaban J connectivity index is 2.45. The Bertz CT molecular complexity index is 780. The van der Waals surface area contributed by atoms with Crippen molar-refractivity contribution < 1.29 is 14.7 Å². The summed E-state index contributed by atoms with van der Waals surface area (Å²) in [5.74, 6) is -1.33. The highest BCUT2D eigenvalue weighted by Crippen LogP contribution is 2.27. The van der Waals surface area contributed by atoms with Gasteiger partial charge in [-0.25, -0.2) is 14.8 Å². The lowest BCUT2D eigenvalue weighted by Crippen LogP contribution is -2.51. The maximum Gasteiger partial charge on any atom is 0.334 e. The third kappa shape index (κ3) is 3.79. The molecular weight excluding hydrogens is 342 g/mol. The molecule has 2 aromatic rings. The molecule has 0 aliphatic heterocycles. The van der Waals surface area contributed by atoms with Crippen molar-refractivity contribution in [3.05, 3.63) is 58.6 Å². The number of halogens is 1. The van der Waals surface area contributed by atoms with Crippen LogP contribution in [0.1, 0.15) is 55.0 Å². The number of carboxylic acids is 1. The summed E-state index contributed by atoms with van der Waals surface area (Å²) < 4.78 is 0. The molecule has 0 spiro atoms. The van der Waals surface area contributed by atoms with E-state index in [9.17, 15) is 14.7 Å². The molecule has 0 saturated carbocycles. The van der Waals surface area contributed by atoms with Gasteiger partial charge in [0.2, 0.25) is 0 Å². The normalized spacial score (nSPS) is 13.3. The molecular formula is C18H20ClN3O3. The monoisotopic (exact) mass is 361 g/mol. The Hall–Kier alpha value is -2.47. The first kappa shape index (κ1) is 18.9. The summed E-state index contributed by atoms with van der Waals surface area (Å²) in [5, 5.41) is 12.5. The number of carbonyl (C=O) groups is 2. The smallest absolute Gasteiger partial charge is 0.334 e. The van der Waals surface area contributed by atoms with E-state index in [0.29, 0.717) is 11.4 Å². The molecule has 1 unspecified atom stereocenters. The van der Waals surface area contributed by atoms with E-state index in [1.807, 2.05) is 13.8 Å². The second-order valence-electron chi connectivity index (χ2n) is 5.96. The van der Waals surface area contributed by atoms with Crippen LogP contribution in [0.25, 0.3) is 0 Å². The maximum absolute atomic E-state index is 12.7. The molecule has 7 heteroatoms. The van der Waals surface area contributed by atoms with E-state index in [1.165, 1.54) is 6.20 Å². The Labute approximate surface area is 151 Å². The van der Waals surface area contributed by atoms with Crippen molar-refractivity contribution >= 4 is 23.5 Å². The molecule has 0 saturated heterocycles. The average Bonchev–Trinajstić information content (AvgIpc) is 2.60. The lowest BCUT2D eigenvalue weighted by atomic mass is 9.87. The predicted molar refractivity (Wildman–Crippen MR) is 94.6 cm³/mol. The minimum Gasteiger partial charge on any atom is -0.479 e. The van der Waals surface area contributed by atoms with Gasteiger partial charge in [0, 0.05) is 5.92 Å². The number of hydrogen-bond acceptors (Lipinski definition) is 4. The summed E-state index contributed by atoms with van der Waals surface area (Å²) in [6.45, 7) is 5.48. The fourth-order valence-corrected chi connectivity index (χ4v) is 2.66. The lowest BCUT2D eigenvalue weighted by molar-refractivity contribution is -0.145. The fraction of sp³-hybridized carbons (Fsp3) is 0.333. The van der Waals surface area contributed by atoms with Gasteiger partial charge in [0.1, 0.15) is 11.5 Å². The van der Waals surface area contributed by atoms with E-state index in [2.05, 4.69) is 15.3 Å². The Kier molecular flexibility index (Phi) is 5.74. The van der Waals surface area contributed by atoms with Gasteiger partial charge in [-0.05, 0) is 12.0 Å². The highest BCUT2D eigenvalue weighted by Gasteiger charge is 2.41. The van der Waals surface area contributed by atoms with Gasteiger partial charge in [-0.1, -0.05) is 62.7 Å². The van der Waals surface area contributed by atoms with Crippen LogP contribution in [0.15, 0.2) is 36.5 Å². The zero-order valence-corrected chi connectivity index (χ0v) is 15.0. The van der Waals surface area contributed by atoms with Gasteiger partial charge in [0.15, 0.2) is 5.54 Å². The van der Waals surface area contributed by atoms with Gasteiger partial charge in [-0.3, -0.25) is 4.79 Å². The van der Waals surface area contributed by atoms with E-state index in [1.54, 1.807) is 37.3 Å². The number of hydrogen-bond donors (Lipinski definition) is 2. The number of amides is 1. The number of nitrogens with zero attached hydrogens (tertiary/aromatic N) is 2. The maximum atomic E-state index is 12.7. The first-order valence-corrected chi connectivity index (χ1v) is 8.33. The van der Waals surface area contributed by atoms with E-state index >= 15 is 0 Å². The van der Waals surface area contributed by atoms with Crippen LogP contribution >= 0.6 is 11.6 Å². The van der Waals surface area contributed by atoms with Crippen LogP contribution in [0, 0.1) is 0 Å². The second-order valence-corrected chi connectivity index (χ2v) is 6.37. The summed E-state index contributed by atoms with van der Waals surface area (Å²) in [7, 11) is 0. The summed E-state index contributed by atoms with van der Waals surface area (Å²) >= 11 is 6.06. The SMILES string of the molecule is CCC(NC(=O)c1nc(C(C)C)ncc1Cl)(C(=O)O)c1ccccc1. The van der Waals surface area contributed by atoms with Crippen LogP contribution < -0.4 is 5.32 Å². The number of nitrogens with one attached hydrogen (secondary N) is 1. The van der Waals surface area contributed by atoms with Crippen LogP contribution in [0.3, 0.4) is 0 Å². The number of carboxylic acid groups (broad SMARTS) is 1. The zero-order valence-electron chi connectivity index (χ0n) is 14.3. The van der Waals surface area contributed by atoms with Crippen molar-refractivity contribution in [2.24, 2.45) is 0 Å². The molecule has 1 aromatic heterocycles. The topological polar surface area (TPSA) is 92.2 Å². The van der Waals surface area contributed by atoms with Crippen molar-refractivity contribution in [2.45, 2.75) is 38.6 Å². The average molecular weight is 362 g/mol. The summed E-state index contributed by atoms with van der Waals surface area (Å²) in [5.41, 5.74) is -1.12. The predicted octanol–water partition coefficient (Wildman–Crippen LogP) is 3.37. The van der Waals surface area contributed by atoms with Crippen LogP contribution in [0.2, 0.25) is 5.02 Å². The van der Waals surface area contributed by atoms with Gasteiger partial charge >= 0.3 is 5.97 Å². The standard InChI is InChI=1S/C18H20ClN3O3/c1-4-18(17(24)25,12-8-6-5-7-9-12)22-16(23)14-13(19)10-20-15(21-14)11(2)3/h5-11H,4H2,1-3H3,(H,22,23)(H,24,25). The second kappa shape index (κ2) is 7.61. The van der Waals surface area contributed by atoms with Crippen LogP contribution in [0.5, 0.6) is 0 Å². The minimum atomic E-state index is -1.56. The molecule has 2 rings (SSSR count). The highest BCUT2D eigenvalue weighted by molar-refractivity contribution is 6.33. The molecule has 1 aromatic carbocycles. The van der Waals surface area contributed by atoms with Gasteiger partial charge in [0.25, 0.3) is 5.91 Å². The minimum absolute atomic E-state index is 0.00773. The van der Waals surface area contributed by atoms with Gasteiger partial charge < -0.3 is 10.4 Å². The highest BCUT2D eigenvalue weighted by atomic mass is 35.5. The molecule has 0 bridgehead atoms. The summed E-state index contributed by atoms with van der Waals surface area (Å²) in [6, 6.07) is 8.56. The number of benzene rings is 1. The number of aliphatic carboxylic acids is 1. The van der Waals surface area contributed by atoms with Crippen molar-refractivity contribution in [1.29, 1.82) is 0 Å². The number of carbonyl (C=O) groups excluding carboxylic acids is 1. The molecule has 0 aliphatic rings. The first-order chi connectivity index (χ1) is 11.8. The lowest BCUT2D eigenvalue weighted by Gasteiger charge is -2.30. The Morgan fingerprint density at radius 3 is 2.44 bits per heavy atom. The van der Waals surface area contributed by atoms with Gasteiger partial charge in [-0.15, -0.1) is 0 Å². The molecule has 1 atom stereocenters. The summed E-state index contributed by atoms with van der Waals surface area (Å²) in [6.07, 6.45) is 1.52. The van der Waals surface area contributed by atoms with E-state index in [0.717, 1.165) is 0 Å². The fourth-order valence-electron chi connectivity index (χ4n) is 2.49. The molecule has 6 nitrogen and oxygen atoms in total. The molecule has 0 radical (unpaired) electrons. The third-order valence-electron chi connectivity index (χ3n) is 3.98. The first-order valence-electron chi connectivity index (χ1n) is 7.95. The molecule has 2 N–H and O–H groups in total. The van der Waals surface area contributed by atoms with Crippen molar-refractivity contribution in [3.8, 4) is 0 Å². The summed E-state index contributed by atoms with van der Waals surface area (Å²) in [4.78, 5) is 33.0. The number of rotatable bonds is 6. The molecule has 1 amide bonds. The van der Waals surface area contributed by atoms with E-state index in [4.69, 9.17) is 11.6 Å². The molecule has 25 heavy (non-hydrogen) atoms. The third-order valence-corrected chi connectivity index (χ3v) is 4.26. The Morgan fingerprint density at radius 2 is 1.92 bits per heavy atom. The van der Waals surface area contributed by atoms with E-state index in [-0.39, 0.29) is 23.1 Å². The largest absolute Gasteiger partial charge is 0.479 e. The van der Waals surface area contributed by atoms with E-state index < -0.39 is 17.4 Å². The molecule has 1 heterocycles. The zero-order chi connectivity index (χ0) is 18.6. The Morgan fingerprint density at radius 1 is 1.28 bits per heavy atom. The van der Waals surface area contributed by atoms with Gasteiger partial charge in [0.05, 0.1) is 11.2 Å². The van der Waals surface area contributed by atoms with Crippen LogP contribution in [-0.2, 0) is 10.3 Å². The van der Waals surface area contributed by atoms with Gasteiger partial charge in [-0.2, -0.15) is 0 Å². The molecule has 0 fully saturated rings. The van der Waals surface area contributed by atoms with Crippen molar-refractivity contribution in [1.82, 2.24) is 15.3 Å². The molecule has 0 aliphatic carbocycles. The van der Waals surface area contributed by atoms with Crippen molar-refractivity contribution in [3.63, 3.8) is 0 Å². The number of aromatic nitrogens is 2. The quantitative estimate of drug-likeness (QED) is 0.822. The van der Waals surface area contributed by atoms with Crippen molar-refractivity contribution in [2.75, 3.05) is 0 Å².